The second-order valence-electron chi connectivity index (χ2n) is 5.94. The van der Waals surface area contributed by atoms with Crippen LogP contribution >= 0.6 is 12.6 Å². The topological polar surface area (TPSA) is 6.48 Å². The lowest BCUT2D eigenvalue weighted by molar-refractivity contribution is 0.118. The first-order valence-electron chi connectivity index (χ1n) is 7.17. The molecule has 0 aromatic carbocycles. The van der Waals surface area contributed by atoms with Gasteiger partial charge in [-0.2, -0.15) is 12.6 Å². The highest BCUT2D eigenvalue weighted by molar-refractivity contribution is 7.80. The molecule has 1 saturated heterocycles. The van der Waals surface area contributed by atoms with E-state index in [1.165, 1.54) is 52.1 Å². The van der Waals surface area contributed by atoms with Crippen LogP contribution in [0.5, 0.6) is 0 Å². The molecule has 1 fully saturated rings. The zero-order valence-electron chi connectivity index (χ0n) is 11.9. The molecule has 102 valence electrons. The van der Waals surface area contributed by atoms with Gasteiger partial charge in [0.05, 0.1) is 0 Å². The predicted octanol–water partition coefficient (Wildman–Crippen LogP) is 2.61. The lowest BCUT2D eigenvalue weighted by Gasteiger charge is -2.35. The summed E-state index contributed by atoms with van der Waals surface area (Å²) in [5.41, 5.74) is 0. The number of hydrogen-bond acceptors (Lipinski definition) is 3. The molecule has 0 saturated carbocycles. The molecule has 1 aliphatic heterocycles. The summed E-state index contributed by atoms with van der Waals surface area (Å²) in [5.74, 6) is 2.67. The molecule has 1 rings (SSSR count). The molecule has 1 heterocycles. The summed E-state index contributed by atoms with van der Waals surface area (Å²) in [7, 11) is 0. The molecule has 1 unspecified atom stereocenters. The van der Waals surface area contributed by atoms with Gasteiger partial charge in [0.2, 0.25) is 0 Å². The van der Waals surface area contributed by atoms with Crippen LogP contribution in [0.2, 0.25) is 0 Å². The number of piperazine rings is 1. The Hall–Kier alpha value is 0.270. The maximum Gasteiger partial charge on any atom is 0.0110 e. The molecule has 0 bridgehead atoms. The van der Waals surface area contributed by atoms with Crippen molar-refractivity contribution >= 4 is 12.6 Å². The van der Waals surface area contributed by atoms with Gasteiger partial charge in [-0.25, -0.2) is 0 Å². The van der Waals surface area contributed by atoms with Gasteiger partial charge in [-0.15, -0.1) is 0 Å². The minimum absolute atomic E-state index is 0.803. The molecule has 0 radical (unpaired) electrons. The van der Waals surface area contributed by atoms with Gasteiger partial charge in [0, 0.05) is 32.7 Å². The Bertz CT molecular complexity index is 189. The van der Waals surface area contributed by atoms with E-state index in [1.54, 1.807) is 0 Å². The zero-order valence-corrected chi connectivity index (χ0v) is 12.8. The highest BCUT2D eigenvalue weighted by atomic mass is 32.1. The van der Waals surface area contributed by atoms with Crippen molar-refractivity contribution in [1.29, 1.82) is 0 Å². The molecular weight excluding hydrogens is 228 g/mol. The Morgan fingerprint density at radius 2 is 1.53 bits per heavy atom. The Kier molecular flexibility index (Phi) is 7.56. The molecule has 0 N–H and O–H groups in total. The quantitative estimate of drug-likeness (QED) is 0.701. The van der Waals surface area contributed by atoms with E-state index in [4.69, 9.17) is 0 Å². The van der Waals surface area contributed by atoms with E-state index in [0.29, 0.717) is 0 Å². The molecule has 17 heavy (non-hydrogen) atoms. The van der Waals surface area contributed by atoms with E-state index in [0.717, 1.165) is 17.6 Å². The summed E-state index contributed by atoms with van der Waals surface area (Å²) in [4.78, 5) is 5.24. The summed E-state index contributed by atoms with van der Waals surface area (Å²) in [6.07, 6.45) is 2.60. The van der Waals surface area contributed by atoms with Crippen LogP contribution < -0.4 is 0 Å². The lowest BCUT2D eigenvalue weighted by atomic mass is 10.0. The second kappa shape index (κ2) is 8.39. The number of rotatable bonds is 7. The Morgan fingerprint density at radius 1 is 0.941 bits per heavy atom. The van der Waals surface area contributed by atoms with Crippen LogP contribution in [0.3, 0.4) is 0 Å². The zero-order chi connectivity index (χ0) is 12.7. The minimum Gasteiger partial charge on any atom is -0.301 e. The van der Waals surface area contributed by atoms with E-state index in [1.807, 2.05) is 0 Å². The molecule has 2 nitrogen and oxygen atoms in total. The molecule has 3 heteroatoms. The first kappa shape index (κ1) is 15.3. The van der Waals surface area contributed by atoms with Crippen molar-refractivity contribution in [1.82, 2.24) is 9.80 Å². The standard InChI is InChI=1S/C14H30N2S/c1-13(2)12-16-9-7-15(8-10-16)6-4-14(3)5-11-17/h13-14,17H,4-12H2,1-3H3. The Labute approximate surface area is 113 Å². The molecule has 0 aromatic heterocycles. The van der Waals surface area contributed by atoms with Gasteiger partial charge in [-0.05, 0) is 37.0 Å². The van der Waals surface area contributed by atoms with Gasteiger partial charge in [0.1, 0.15) is 0 Å². The molecule has 0 aromatic rings. The minimum atomic E-state index is 0.803. The summed E-state index contributed by atoms with van der Waals surface area (Å²) in [5, 5.41) is 0. The van der Waals surface area contributed by atoms with E-state index < -0.39 is 0 Å². The average molecular weight is 258 g/mol. The number of thiol groups is 1. The van der Waals surface area contributed by atoms with Crippen molar-refractivity contribution in [2.24, 2.45) is 11.8 Å². The van der Waals surface area contributed by atoms with Gasteiger partial charge in [-0.3, -0.25) is 0 Å². The molecule has 1 aliphatic rings. The van der Waals surface area contributed by atoms with Crippen LogP contribution in [0.25, 0.3) is 0 Å². The average Bonchev–Trinajstić information content (AvgIpc) is 2.28. The largest absolute Gasteiger partial charge is 0.301 e. The van der Waals surface area contributed by atoms with Crippen molar-refractivity contribution in [2.75, 3.05) is 45.0 Å². The fraction of sp³-hybridized carbons (Fsp3) is 1.00. The SMILES string of the molecule is CC(C)CN1CCN(CCC(C)CCS)CC1. The third-order valence-electron chi connectivity index (χ3n) is 3.65. The van der Waals surface area contributed by atoms with Crippen LogP contribution in [0.1, 0.15) is 33.6 Å². The number of hydrogen-bond donors (Lipinski definition) is 1. The summed E-state index contributed by atoms with van der Waals surface area (Å²) in [6, 6.07) is 0. The maximum absolute atomic E-state index is 4.30. The smallest absolute Gasteiger partial charge is 0.0110 e. The van der Waals surface area contributed by atoms with Gasteiger partial charge in [0.25, 0.3) is 0 Å². The highest BCUT2D eigenvalue weighted by Gasteiger charge is 2.17. The second-order valence-corrected chi connectivity index (χ2v) is 6.39. The van der Waals surface area contributed by atoms with Gasteiger partial charge < -0.3 is 9.80 Å². The summed E-state index contributed by atoms with van der Waals surface area (Å²) >= 11 is 4.30. The van der Waals surface area contributed by atoms with E-state index >= 15 is 0 Å². The first-order chi connectivity index (χ1) is 8.11. The van der Waals surface area contributed by atoms with E-state index in [9.17, 15) is 0 Å². The molecule has 0 amide bonds. The van der Waals surface area contributed by atoms with Gasteiger partial charge in [0.15, 0.2) is 0 Å². The molecule has 0 aliphatic carbocycles. The van der Waals surface area contributed by atoms with Crippen LogP contribution in [0.15, 0.2) is 0 Å². The molecule has 0 spiro atoms. The van der Waals surface area contributed by atoms with Crippen molar-refractivity contribution in [3.63, 3.8) is 0 Å². The normalized spacial score (nSPS) is 21.0. The summed E-state index contributed by atoms with van der Waals surface area (Å²) < 4.78 is 0. The van der Waals surface area contributed by atoms with Crippen LogP contribution in [0.4, 0.5) is 0 Å². The van der Waals surface area contributed by atoms with Crippen molar-refractivity contribution in [3.05, 3.63) is 0 Å². The maximum atomic E-state index is 4.30. The fourth-order valence-electron chi connectivity index (χ4n) is 2.48. The van der Waals surface area contributed by atoms with Crippen molar-refractivity contribution in [2.45, 2.75) is 33.6 Å². The Balaban J connectivity index is 2.10. The molecule has 1 atom stereocenters. The monoisotopic (exact) mass is 258 g/mol. The van der Waals surface area contributed by atoms with E-state index in [2.05, 4.69) is 43.2 Å². The fourth-order valence-corrected chi connectivity index (χ4v) is 2.92. The van der Waals surface area contributed by atoms with Crippen LogP contribution in [-0.4, -0.2) is 54.8 Å². The van der Waals surface area contributed by atoms with Gasteiger partial charge in [-0.1, -0.05) is 20.8 Å². The molecular formula is C14H30N2S. The highest BCUT2D eigenvalue weighted by Crippen LogP contribution is 2.11. The van der Waals surface area contributed by atoms with E-state index in [-0.39, 0.29) is 0 Å². The van der Waals surface area contributed by atoms with Crippen LogP contribution in [-0.2, 0) is 0 Å². The van der Waals surface area contributed by atoms with Crippen LogP contribution in [0, 0.1) is 11.8 Å². The Morgan fingerprint density at radius 3 is 2.06 bits per heavy atom. The van der Waals surface area contributed by atoms with Crippen molar-refractivity contribution in [3.8, 4) is 0 Å². The van der Waals surface area contributed by atoms with Crippen molar-refractivity contribution < 1.29 is 0 Å². The third kappa shape index (κ3) is 6.68. The third-order valence-corrected chi connectivity index (χ3v) is 3.91. The predicted molar refractivity (Wildman–Crippen MR) is 80.0 cm³/mol. The first-order valence-corrected chi connectivity index (χ1v) is 7.80. The summed E-state index contributed by atoms with van der Waals surface area (Å²) in [6.45, 7) is 14.6. The lowest BCUT2D eigenvalue weighted by Crippen LogP contribution is -2.47. The van der Waals surface area contributed by atoms with Gasteiger partial charge >= 0.3 is 0 Å². The number of nitrogens with zero attached hydrogens (tertiary/aromatic N) is 2.